The van der Waals surface area contributed by atoms with Gasteiger partial charge in [0.15, 0.2) is 12.5 Å². The van der Waals surface area contributed by atoms with Crippen LogP contribution in [0.1, 0.15) is 110 Å². The molecular weight excluding hydrogens is 819 g/mol. The van der Waals surface area contributed by atoms with E-state index in [1.54, 1.807) is 0 Å². The van der Waals surface area contributed by atoms with Crippen molar-refractivity contribution in [3.63, 3.8) is 0 Å². The second kappa shape index (κ2) is 20.8. The zero-order chi connectivity index (χ0) is 46.4. The van der Waals surface area contributed by atoms with Gasteiger partial charge in [-0.25, -0.2) is 4.79 Å². The number of aliphatic hydroxyl groups excluding tert-OH is 1. The van der Waals surface area contributed by atoms with Crippen molar-refractivity contribution >= 4 is 35.8 Å². The Morgan fingerprint density at radius 2 is 1.59 bits per heavy atom. The number of hydrogen-bond donors (Lipinski definition) is 1. The molecule has 4 aliphatic heterocycles. The van der Waals surface area contributed by atoms with Gasteiger partial charge in [-0.2, -0.15) is 0 Å². The van der Waals surface area contributed by atoms with Crippen LogP contribution in [0.15, 0.2) is 48.5 Å². The monoisotopic (exact) mass is 890 g/mol. The van der Waals surface area contributed by atoms with Crippen molar-refractivity contribution < 1.29 is 52.7 Å². The number of esters is 3. The maximum atomic E-state index is 12.7. The van der Waals surface area contributed by atoms with E-state index in [0.29, 0.717) is 6.54 Å². The molecule has 0 aromatic heterocycles. The zero-order valence-corrected chi connectivity index (χ0v) is 39.4. The van der Waals surface area contributed by atoms with Gasteiger partial charge in [-0.1, -0.05) is 55.5 Å². The number of aliphatic hydroxyl groups is 1. The van der Waals surface area contributed by atoms with E-state index >= 15 is 0 Å². The van der Waals surface area contributed by atoms with Gasteiger partial charge in [0.2, 0.25) is 0 Å². The van der Waals surface area contributed by atoms with Gasteiger partial charge in [0.1, 0.15) is 37.1 Å². The van der Waals surface area contributed by atoms with Crippen LogP contribution in [0.2, 0.25) is 0 Å². The van der Waals surface area contributed by atoms with Crippen LogP contribution in [-0.2, 0) is 54.6 Å². The van der Waals surface area contributed by atoms with Crippen LogP contribution in [0, 0.1) is 18.3 Å². The van der Waals surface area contributed by atoms with Gasteiger partial charge in [0.25, 0.3) is 0 Å². The number of carbonyl (C=O) groups is 4. The Morgan fingerprint density at radius 3 is 2.23 bits per heavy atom. The molecule has 2 unspecified atom stereocenters. The van der Waals surface area contributed by atoms with Crippen molar-refractivity contribution in [3.8, 4) is 0 Å². The van der Waals surface area contributed by atoms with E-state index in [4.69, 9.17) is 28.4 Å². The number of fused-ring (bicyclic) bond motifs is 1. The number of carbonyl (C=O) groups excluding carboxylic acids is 4. The van der Waals surface area contributed by atoms with Crippen LogP contribution in [0.25, 0.3) is 6.08 Å². The molecule has 0 aliphatic carbocycles. The molecule has 14 nitrogen and oxygen atoms in total. The molecule has 1 N–H and O–H groups in total. The molecule has 2 aromatic carbocycles. The van der Waals surface area contributed by atoms with Crippen LogP contribution in [-0.4, -0.2) is 128 Å². The Bertz CT molecular complexity index is 1970. The summed E-state index contributed by atoms with van der Waals surface area (Å²) in [5.74, 6) is -2.44. The Labute approximate surface area is 379 Å². The molecule has 0 radical (unpaired) electrons. The first-order chi connectivity index (χ1) is 30.2. The number of hydrogen-bond acceptors (Lipinski definition) is 13. The second-order valence-corrected chi connectivity index (χ2v) is 19.7. The topological polar surface area (TPSA) is 154 Å². The van der Waals surface area contributed by atoms with Crippen LogP contribution >= 0.6 is 0 Å². The highest BCUT2D eigenvalue weighted by molar-refractivity contribution is 5.69. The number of likely N-dealkylation sites (tertiary alicyclic amines) is 2. The third kappa shape index (κ3) is 12.4. The van der Waals surface area contributed by atoms with Crippen molar-refractivity contribution in [2.75, 3.05) is 57.4 Å². The Balaban J connectivity index is 1.13. The van der Waals surface area contributed by atoms with Gasteiger partial charge in [0, 0.05) is 64.6 Å². The number of ether oxygens (including phenoxy) is 6. The molecule has 2 aromatic rings. The lowest BCUT2D eigenvalue weighted by Gasteiger charge is -2.49. The lowest BCUT2D eigenvalue weighted by Crippen LogP contribution is -2.64. The molecule has 3 saturated heterocycles. The van der Waals surface area contributed by atoms with Gasteiger partial charge in [-0.3, -0.25) is 14.4 Å². The second-order valence-electron chi connectivity index (χ2n) is 19.7. The maximum Gasteiger partial charge on any atom is 0.410 e. The smallest absolute Gasteiger partial charge is 0.410 e. The first-order valence-corrected chi connectivity index (χ1v) is 23.0. The summed E-state index contributed by atoms with van der Waals surface area (Å²) in [7, 11) is 0. The lowest BCUT2D eigenvalue weighted by atomic mass is 9.72. The quantitative estimate of drug-likeness (QED) is 0.118. The minimum atomic E-state index is -1.24. The fourth-order valence-electron chi connectivity index (χ4n) is 10.4. The van der Waals surface area contributed by atoms with Crippen LogP contribution in [0.5, 0.6) is 0 Å². The number of nitrogens with zero attached hydrogens (tertiary/aromatic N) is 3. The number of piperidine rings is 2. The third-order valence-corrected chi connectivity index (χ3v) is 13.1. The molecule has 4 aliphatic rings. The van der Waals surface area contributed by atoms with Gasteiger partial charge >= 0.3 is 24.0 Å². The molecule has 6 rings (SSSR count). The van der Waals surface area contributed by atoms with Crippen LogP contribution < -0.4 is 4.90 Å². The van der Waals surface area contributed by atoms with E-state index in [0.717, 1.165) is 80.8 Å². The highest BCUT2D eigenvalue weighted by atomic mass is 16.7. The molecule has 4 heterocycles. The van der Waals surface area contributed by atoms with Crippen molar-refractivity contribution in [3.05, 3.63) is 70.8 Å². The number of benzene rings is 2. The predicted octanol–water partition coefficient (Wildman–Crippen LogP) is 6.95. The fraction of sp³-hybridized carbons (Fsp3) is 0.640. The van der Waals surface area contributed by atoms with Crippen molar-refractivity contribution in [2.45, 2.75) is 143 Å². The Morgan fingerprint density at radius 1 is 0.906 bits per heavy atom. The lowest BCUT2D eigenvalue weighted by molar-refractivity contribution is -0.264. The first kappa shape index (κ1) is 48.9. The van der Waals surface area contributed by atoms with Crippen molar-refractivity contribution in [1.82, 2.24) is 9.80 Å². The molecule has 14 heteroatoms. The van der Waals surface area contributed by atoms with E-state index in [1.165, 1.54) is 46.1 Å². The minimum Gasteiger partial charge on any atom is -0.465 e. The SMILES string of the molecule is CC(=O)OC[C@@H]1[C@@H](OC(C)O)[C@H](N2CC(C)(Cc3ccc(/C=C/CCN4CCCC5(CCN(C(=O)OC(C)(C)C)CC5)C4)cc3)c3c(C)cccc32)O[C@H](COC(C)=O)[C@H]1OC(C)=O. The summed E-state index contributed by atoms with van der Waals surface area (Å²) >= 11 is 0. The Kier molecular flexibility index (Phi) is 15.9. The summed E-state index contributed by atoms with van der Waals surface area (Å²) in [6.07, 6.45) is 5.42. The van der Waals surface area contributed by atoms with E-state index in [-0.39, 0.29) is 24.7 Å². The molecular formula is C50H71N3O11. The van der Waals surface area contributed by atoms with Crippen molar-refractivity contribution in [1.29, 1.82) is 0 Å². The van der Waals surface area contributed by atoms with Crippen LogP contribution in [0.4, 0.5) is 10.5 Å². The highest BCUT2D eigenvalue weighted by Crippen LogP contribution is 2.48. The van der Waals surface area contributed by atoms with Crippen LogP contribution in [0.3, 0.4) is 0 Å². The average Bonchev–Trinajstić information content (AvgIpc) is 3.51. The minimum absolute atomic E-state index is 0.190. The van der Waals surface area contributed by atoms with Gasteiger partial charge < -0.3 is 48.2 Å². The molecule has 0 bridgehead atoms. The maximum absolute atomic E-state index is 12.7. The summed E-state index contributed by atoms with van der Waals surface area (Å²) in [5.41, 5.74) is 4.90. The molecule has 7 atom stereocenters. The summed E-state index contributed by atoms with van der Waals surface area (Å²) in [6, 6.07) is 14.9. The molecule has 1 amide bonds. The summed E-state index contributed by atoms with van der Waals surface area (Å²) < 4.78 is 35.3. The van der Waals surface area contributed by atoms with E-state index < -0.39 is 65.7 Å². The number of anilines is 1. The number of amides is 1. The van der Waals surface area contributed by atoms with E-state index in [9.17, 15) is 24.3 Å². The Hall–Kier alpha value is -4.50. The van der Waals surface area contributed by atoms with Crippen molar-refractivity contribution in [2.24, 2.45) is 11.3 Å². The number of aryl methyl sites for hydroxylation is 1. The molecule has 64 heavy (non-hydrogen) atoms. The summed E-state index contributed by atoms with van der Waals surface area (Å²) in [6.45, 7) is 20.2. The normalized spacial score (nSPS) is 26.4. The zero-order valence-electron chi connectivity index (χ0n) is 39.4. The fourth-order valence-corrected chi connectivity index (χ4v) is 10.4. The average molecular weight is 890 g/mol. The van der Waals surface area contributed by atoms with E-state index in [1.807, 2.05) is 37.8 Å². The molecule has 3 fully saturated rings. The predicted molar refractivity (Wildman–Crippen MR) is 242 cm³/mol. The summed E-state index contributed by atoms with van der Waals surface area (Å²) in [4.78, 5) is 55.9. The third-order valence-electron chi connectivity index (χ3n) is 13.1. The molecule has 352 valence electrons. The first-order valence-electron chi connectivity index (χ1n) is 23.0. The van der Waals surface area contributed by atoms with Gasteiger partial charge in [0.05, 0.1) is 5.92 Å². The highest BCUT2D eigenvalue weighted by Gasteiger charge is 2.54. The number of rotatable bonds is 14. The van der Waals surface area contributed by atoms with E-state index in [2.05, 4.69) is 66.1 Å². The summed E-state index contributed by atoms with van der Waals surface area (Å²) in [5, 5.41) is 10.7. The van der Waals surface area contributed by atoms with Gasteiger partial charge in [-0.15, -0.1) is 0 Å². The standard InChI is InChI=1S/C50H71N3O11/c1-33-14-12-16-41-43(33)49(9,31-53(41)46-45(62-37(5)57)40(29-59-34(2)54)44(61-36(4)56)42(63-46)30-60-35(3)55)28-39-19-17-38(18-20-39)15-10-11-24-51-25-13-21-50(32-51)22-26-52(27-23-50)47(58)64-48(6,7)8/h10,12,14-20,37,40,42,44-46,57H,11,13,21-32H2,1-9H3/b15-10+/t37?,40-,42+,44-,45+,46+,49?/m0/s1. The largest absolute Gasteiger partial charge is 0.465 e. The molecule has 0 saturated carbocycles. The van der Waals surface area contributed by atoms with Gasteiger partial charge in [-0.05, 0) is 113 Å². The molecule has 1 spiro atoms.